The van der Waals surface area contributed by atoms with E-state index in [9.17, 15) is 9.90 Å². The summed E-state index contributed by atoms with van der Waals surface area (Å²) in [6.45, 7) is 19.8. The molecule has 0 aromatic carbocycles. The SMILES string of the molecule is C=C(C)CCC[C@](C)(O)[C@H]1CC[C@@]2(C)C1CC[C@H]1[C@H]2CCC(C(=C)C)[C@]1(C)CCC(=O)OC. The number of rotatable bonds is 9. The van der Waals surface area contributed by atoms with Crippen molar-refractivity contribution in [1.29, 1.82) is 0 Å². The van der Waals surface area contributed by atoms with Crippen LogP contribution in [0.5, 0.6) is 0 Å². The molecule has 0 radical (unpaired) electrons. The van der Waals surface area contributed by atoms with Gasteiger partial charge < -0.3 is 9.84 Å². The molecular weight excluding hydrogens is 408 g/mol. The maximum atomic E-state index is 12.1. The molecule has 8 atom stereocenters. The Bertz CT molecular complexity index is 752. The fourth-order valence-corrected chi connectivity index (χ4v) is 8.90. The Morgan fingerprint density at radius 2 is 1.67 bits per heavy atom. The van der Waals surface area contributed by atoms with Crippen molar-refractivity contribution >= 4 is 5.97 Å². The monoisotopic (exact) mass is 458 g/mol. The summed E-state index contributed by atoms with van der Waals surface area (Å²) < 4.78 is 5.01. The first kappa shape index (κ1) is 26.5. The highest BCUT2D eigenvalue weighted by molar-refractivity contribution is 5.69. The minimum atomic E-state index is -0.589. The van der Waals surface area contributed by atoms with Crippen LogP contribution in [0.4, 0.5) is 0 Å². The molecule has 0 heterocycles. The highest BCUT2D eigenvalue weighted by atomic mass is 16.5. The van der Waals surface area contributed by atoms with E-state index in [1.807, 2.05) is 0 Å². The fourth-order valence-electron chi connectivity index (χ4n) is 8.90. The first-order valence-corrected chi connectivity index (χ1v) is 13.5. The summed E-state index contributed by atoms with van der Waals surface area (Å²) in [5.74, 6) is 2.67. The van der Waals surface area contributed by atoms with Crippen molar-refractivity contribution in [3.63, 3.8) is 0 Å². The maximum absolute atomic E-state index is 12.1. The standard InChI is InChI=1S/C30H50O3/c1-20(2)10-9-17-30(7,32)26-15-18-29(6)24-12-11-22(21(3)4)28(5,19-16-27(31)33-8)23(24)13-14-25(26)29/h22-26,32H,1,3,9-19H2,2,4-8H3/t22?,23-,24+,25?,26-,28-,29+,30-/m0/s1. The zero-order valence-corrected chi connectivity index (χ0v) is 22.3. The van der Waals surface area contributed by atoms with Gasteiger partial charge >= 0.3 is 5.97 Å². The lowest BCUT2D eigenvalue weighted by atomic mass is 9.44. The van der Waals surface area contributed by atoms with Gasteiger partial charge in [0, 0.05) is 6.42 Å². The molecule has 0 aromatic heterocycles. The van der Waals surface area contributed by atoms with Gasteiger partial charge in [-0.25, -0.2) is 0 Å². The highest BCUT2D eigenvalue weighted by Crippen LogP contribution is 2.68. The smallest absolute Gasteiger partial charge is 0.305 e. The Labute approximate surface area is 203 Å². The second kappa shape index (κ2) is 9.88. The second-order valence-corrected chi connectivity index (χ2v) is 12.8. The number of carbonyl (C=O) groups is 1. The molecule has 3 aliphatic carbocycles. The summed E-state index contributed by atoms with van der Waals surface area (Å²) in [6.07, 6.45) is 11.5. The average Bonchev–Trinajstić information content (AvgIpc) is 3.10. The molecule has 0 spiro atoms. The summed E-state index contributed by atoms with van der Waals surface area (Å²) in [6, 6.07) is 0. The van der Waals surface area contributed by atoms with Gasteiger partial charge in [-0.05, 0) is 125 Å². The molecule has 188 valence electrons. The van der Waals surface area contributed by atoms with Crippen molar-refractivity contribution in [3.05, 3.63) is 24.3 Å². The van der Waals surface area contributed by atoms with Gasteiger partial charge in [0.25, 0.3) is 0 Å². The van der Waals surface area contributed by atoms with Gasteiger partial charge in [-0.3, -0.25) is 4.79 Å². The minimum absolute atomic E-state index is 0.0922. The third-order valence-electron chi connectivity index (χ3n) is 10.6. The molecule has 3 saturated carbocycles. The van der Waals surface area contributed by atoms with Crippen LogP contribution in [0, 0.1) is 40.4 Å². The van der Waals surface area contributed by atoms with E-state index in [-0.39, 0.29) is 11.4 Å². The number of carbonyl (C=O) groups excluding carboxylic acids is 1. The van der Waals surface area contributed by atoms with Crippen molar-refractivity contribution in [2.24, 2.45) is 40.4 Å². The van der Waals surface area contributed by atoms with E-state index in [1.165, 1.54) is 50.4 Å². The van der Waals surface area contributed by atoms with Crippen molar-refractivity contribution in [3.8, 4) is 0 Å². The lowest BCUT2D eigenvalue weighted by molar-refractivity contribution is -0.145. The molecule has 0 bridgehead atoms. The van der Waals surface area contributed by atoms with Crippen molar-refractivity contribution in [1.82, 2.24) is 0 Å². The summed E-state index contributed by atoms with van der Waals surface area (Å²) in [4.78, 5) is 12.1. The number of fused-ring (bicyclic) bond motifs is 3. The molecule has 0 saturated heterocycles. The lowest BCUT2D eigenvalue weighted by Gasteiger charge is -2.61. The molecule has 3 fully saturated rings. The predicted molar refractivity (Wildman–Crippen MR) is 137 cm³/mol. The van der Waals surface area contributed by atoms with Crippen LogP contribution in [-0.4, -0.2) is 23.8 Å². The lowest BCUT2D eigenvalue weighted by Crippen LogP contribution is -2.54. The molecule has 3 heteroatoms. The van der Waals surface area contributed by atoms with Gasteiger partial charge in [-0.1, -0.05) is 31.6 Å². The fraction of sp³-hybridized carbons (Fsp3) is 0.833. The summed E-state index contributed by atoms with van der Waals surface area (Å²) in [7, 11) is 1.50. The number of esters is 1. The molecule has 0 aliphatic heterocycles. The first-order chi connectivity index (χ1) is 15.4. The number of hydrogen-bond acceptors (Lipinski definition) is 3. The Morgan fingerprint density at radius 3 is 2.27 bits per heavy atom. The van der Waals surface area contributed by atoms with Crippen molar-refractivity contribution in [2.75, 3.05) is 7.11 Å². The molecule has 33 heavy (non-hydrogen) atoms. The number of ether oxygens (including phenoxy) is 1. The van der Waals surface area contributed by atoms with E-state index >= 15 is 0 Å². The molecule has 3 nitrogen and oxygen atoms in total. The molecular formula is C30H50O3. The highest BCUT2D eigenvalue weighted by Gasteiger charge is 2.62. The van der Waals surface area contributed by atoms with E-state index in [0.717, 1.165) is 32.1 Å². The van der Waals surface area contributed by atoms with E-state index in [4.69, 9.17) is 4.74 Å². The average molecular weight is 459 g/mol. The number of hydrogen-bond donors (Lipinski definition) is 1. The molecule has 1 N–H and O–H groups in total. The molecule has 3 rings (SSSR count). The Hall–Kier alpha value is -1.09. The molecule has 2 unspecified atom stereocenters. The zero-order chi connectivity index (χ0) is 24.6. The first-order valence-electron chi connectivity index (χ1n) is 13.5. The Kier molecular flexibility index (Phi) is 7.94. The largest absolute Gasteiger partial charge is 0.469 e. The van der Waals surface area contributed by atoms with Gasteiger partial charge in [0.05, 0.1) is 12.7 Å². The summed E-state index contributed by atoms with van der Waals surface area (Å²) in [5, 5.41) is 11.6. The van der Waals surface area contributed by atoms with Crippen LogP contribution in [-0.2, 0) is 9.53 Å². The van der Waals surface area contributed by atoms with Gasteiger partial charge in [-0.2, -0.15) is 0 Å². The van der Waals surface area contributed by atoms with Crippen LogP contribution in [0.25, 0.3) is 0 Å². The third-order valence-corrected chi connectivity index (χ3v) is 10.6. The summed E-state index contributed by atoms with van der Waals surface area (Å²) >= 11 is 0. The van der Waals surface area contributed by atoms with Crippen LogP contribution in [0.3, 0.4) is 0 Å². The van der Waals surface area contributed by atoms with Crippen LogP contribution in [0.15, 0.2) is 24.3 Å². The number of aliphatic hydroxyl groups is 1. The second-order valence-electron chi connectivity index (χ2n) is 12.8. The quantitative estimate of drug-likeness (QED) is 0.287. The van der Waals surface area contributed by atoms with E-state index in [1.54, 1.807) is 0 Å². The van der Waals surface area contributed by atoms with Gasteiger partial charge in [0.2, 0.25) is 0 Å². The molecule has 3 aliphatic rings. The normalized spacial score (nSPS) is 39.8. The zero-order valence-electron chi connectivity index (χ0n) is 22.3. The topological polar surface area (TPSA) is 46.5 Å². The minimum Gasteiger partial charge on any atom is -0.469 e. The predicted octanol–water partition coefficient (Wildman–Crippen LogP) is 7.49. The van der Waals surface area contributed by atoms with Crippen molar-refractivity contribution in [2.45, 2.75) is 111 Å². The van der Waals surface area contributed by atoms with E-state index in [2.05, 4.69) is 47.8 Å². The van der Waals surface area contributed by atoms with Gasteiger partial charge in [0.15, 0.2) is 0 Å². The molecule has 0 aromatic rings. The van der Waals surface area contributed by atoms with Crippen molar-refractivity contribution < 1.29 is 14.6 Å². The van der Waals surface area contributed by atoms with Crippen LogP contribution in [0.1, 0.15) is 105 Å². The summed E-state index contributed by atoms with van der Waals surface area (Å²) in [5.41, 5.74) is 2.28. The van der Waals surface area contributed by atoms with Crippen LogP contribution >= 0.6 is 0 Å². The van der Waals surface area contributed by atoms with E-state index < -0.39 is 5.60 Å². The van der Waals surface area contributed by atoms with Crippen LogP contribution in [0.2, 0.25) is 0 Å². The molecule has 0 amide bonds. The third kappa shape index (κ3) is 5.00. The Morgan fingerprint density at radius 1 is 1.03 bits per heavy atom. The maximum Gasteiger partial charge on any atom is 0.305 e. The van der Waals surface area contributed by atoms with Gasteiger partial charge in [0.1, 0.15) is 0 Å². The van der Waals surface area contributed by atoms with Crippen LogP contribution < -0.4 is 0 Å². The number of methoxy groups -OCH3 is 1. The number of allylic oxidation sites excluding steroid dienone is 2. The van der Waals surface area contributed by atoms with E-state index in [0.29, 0.717) is 41.4 Å². The Balaban J connectivity index is 1.82. The van der Waals surface area contributed by atoms with Gasteiger partial charge in [-0.15, -0.1) is 6.58 Å².